The van der Waals surface area contributed by atoms with Crippen molar-refractivity contribution in [2.24, 2.45) is 0 Å². The molecule has 0 spiro atoms. The van der Waals surface area contributed by atoms with Crippen molar-refractivity contribution in [1.82, 2.24) is 15.2 Å². The van der Waals surface area contributed by atoms with E-state index in [4.69, 9.17) is 4.74 Å². The molecular formula is C18H31N3O. The summed E-state index contributed by atoms with van der Waals surface area (Å²) in [6, 6.07) is 4.22. The summed E-state index contributed by atoms with van der Waals surface area (Å²) in [5.74, 6) is 0. The number of piperidine rings is 1. The summed E-state index contributed by atoms with van der Waals surface area (Å²) in [6.07, 6.45) is 8.55. The molecule has 0 atom stereocenters. The van der Waals surface area contributed by atoms with Crippen LogP contribution in [-0.4, -0.2) is 49.2 Å². The van der Waals surface area contributed by atoms with Crippen LogP contribution in [0.25, 0.3) is 0 Å². The smallest absolute Gasteiger partial charge is 0.0957 e. The molecule has 0 aromatic carbocycles. The van der Waals surface area contributed by atoms with E-state index < -0.39 is 0 Å². The summed E-state index contributed by atoms with van der Waals surface area (Å²) >= 11 is 0. The van der Waals surface area contributed by atoms with Gasteiger partial charge in [0.05, 0.1) is 12.2 Å². The minimum absolute atomic E-state index is 0.103. The van der Waals surface area contributed by atoms with Crippen LogP contribution in [0.15, 0.2) is 24.5 Å². The summed E-state index contributed by atoms with van der Waals surface area (Å²) < 4.78 is 6.41. The van der Waals surface area contributed by atoms with Crippen molar-refractivity contribution in [2.45, 2.75) is 45.1 Å². The van der Waals surface area contributed by atoms with Crippen molar-refractivity contribution in [1.29, 1.82) is 0 Å². The Labute approximate surface area is 135 Å². The number of hydrogen-bond acceptors (Lipinski definition) is 4. The number of aromatic nitrogens is 1. The molecule has 1 aromatic heterocycles. The fourth-order valence-electron chi connectivity index (χ4n) is 3.38. The van der Waals surface area contributed by atoms with E-state index in [2.05, 4.69) is 27.3 Å². The fourth-order valence-corrected chi connectivity index (χ4v) is 3.38. The van der Waals surface area contributed by atoms with Crippen molar-refractivity contribution in [3.8, 4) is 0 Å². The van der Waals surface area contributed by atoms with Gasteiger partial charge in [0.15, 0.2) is 0 Å². The van der Waals surface area contributed by atoms with Gasteiger partial charge in [-0.15, -0.1) is 0 Å². The van der Waals surface area contributed by atoms with Crippen molar-refractivity contribution in [3.05, 3.63) is 30.1 Å². The van der Waals surface area contributed by atoms with Crippen LogP contribution in [0, 0.1) is 0 Å². The number of pyridine rings is 1. The Bertz CT molecular complexity index is 398. The third-order valence-corrected chi connectivity index (χ3v) is 4.60. The first-order chi connectivity index (χ1) is 10.9. The monoisotopic (exact) mass is 305 g/mol. The number of nitrogens with zero attached hydrogens (tertiary/aromatic N) is 2. The second-order valence-electron chi connectivity index (χ2n) is 5.88. The molecular weight excluding hydrogens is 274 g/mol. The quantitative estimate of drug-likeness (QED) is 0.908. The molecule has 0 amide bonds. The zero-order valence-corrected chi connectivity index (χ0v) is 14.2. The normalized spacial score (nSPS) is 21.2. The fraction of sp³-hybridized carbons (Fsp3) is 0.722. The predicted octanol–water partition coefficient (Wildman–Crippen LogP) is 2.80. The number of ether oxygens (including phenoxy) is 1. The number of rotatable bonds is 5. The van der Waals surface area contributed by atoms with Gasteiger partial charge in [0.1, 0.15) is 0 Å². The first-order valence-corrected chi connectivity index (χ1v) is 8.87. The average molecular weight is 305 g/mol. The molecule has 4 heteroatoms. The van der Waals surface area contributed by atoms with E-state index in [-0.39, 0.29) is 5.60 Å². The van der Waals surface area contributed by atoms with Crippen LogP contribution < -0.4 is 5.32 Å². The Morgan fingerprint density at radius 2 is 1.77 bits per heavy atom. The first kappa shape index (κ1) is 17.4. The van der Waals surface area contributed by atoms with Crippen LogP contribution in [0.3, 0.4) is 0 Å². The second kappa shape index (κ2) is 9.23. The SMILES string of the molecule is CC.c1cc(C2(OCCN3CCCC3)CCNCC2)ccn1. The Morgan fingerprint density at radius 1 is 1.14 bits per heavy atom. The molecule has 124 valence electrons. The molecule has 2 saturated heterocycles. The maximum atomic E-state index is 6.41. The van der Waals surface area contributed by atoms with Crippen molar-refractivity contribution >= 4 is 0 Å². The minimum Gasteiger partial charge on any atom is -0.369 e. The molecule has 1 N–H and O–H groups in total. The van der Waals surface area contributed by atoms with E-state index in [0.29, 0.717) is 0 Å². The van der Waals surface area contributed by atoms with Crippen LogP contribution in [-0.2, 0) is 10.3 Å². The van der Waals surface area contributed by atoms with E-state index in [1.165, 1.54) is 31.5 Å². The van der Waals surface area contributed by atoms with E-state index in [1.807, 2.05) is 26.2 Å². The molecule has 0 radical (unpaired) electrons. The largest absolute Gasteiger partial charge is 0.369 e. The van der Waals surface area contributed by atoms with Gasteiger partial charge in [0.25, 0.3) is 0 Å². The molecule has 1 aromatic rings. The Morgan fingerprint density at radius 3 is 2.41 bits per heavy atom. The molecule has 2 aliphatic rings. The van der Waals surface area contributed by atoms with Crippen LogP contribution in [0.2, 0.25) is 0 Å². The van der Waals surface area contributed by atoms with Gasteiger partial charge in [-0.2, -0.15) is 0 Å². The van der Waals surface area contributed by atoms with Crippen molar-refractivity contribution in [2.75, 3.05) is 39.3 Å². The van der Waals surface area contributed by atoms with E-state index in [1.54, 1.807) is 0 Å². The highest BCUT2D eigenvalue weighted by Crippen LogP contribution is 2.34. The highest BCUT2D eigenvalue weighted by atomic mass is 16.5. The third-order valence-electron chi connectivity index (χ3n) is 4.60. The Kier molecular flexibility index (Phi) is 7.30. The van der Waals surface area contributed by atoms with Gasteiger partial charge in [-0.25, -0.2) is 0 Å². The first-order valence-electron chi connectivity index (χ1n) is 8.87. The second-order valence-corrected chi connectivity index (χ2v) is 5.88. The van der Waals surface area contributed by atoms with Crippen LogP contribution in [0.5, 0.6) is 0 Å². The zero-order chi connectivity index (χ0) is 15.7. The van der Waals surface area contributed by atoms with Crippen LogP contribution >= 0.6 is 0 Å². The topological polar surface area (TPSA) is 37.4 Å². The average Bonchev–Trinajstić information content (AvgIpc) is 3.12. The summed E-state index contributed by atoms with van der Waals surface area (Å²) in [6.45, 7) is 10.5. The van der Waals surface area contributed by atoms with E-state index in [9.17, 15) is 0 Å². The van der Waals surface area contributed by atoms with Gasteiger partial charge < -0.3 is 15.0 Å². The van der Waals surface area contributed by atoms with Crippen molar-refractivity contribution < 1.29 is 4.74 Å². The van der Waals surface area contributed by atoms with Crippen LogP contribution in [0.4, 0.5) is 0 Å². The maximum absolute atomic E-state index is 6.41. The summed E-state index contributed by atoms with van der Waals surface area (Å²) in [7, 11) is 0. The third kappa shape index (κ3) is 4.51. The Balaban J connectivity index is 0.000000847. The van der Waals surface area contributed by atoms with Gasteiger partial charge in [-0.1, -0.05) is 13.8 Å². The molecule has 0 unspecified atom stereocenters. The zero-order valence-electron chi connectivity index (χ0n) is 14.2. The minimum atomic E-state index is -0.103. The number of hydrogen-bond donors (Lipinski definition) is 1. The predicted molar refractivity (Wildman–Crippen MR) is 91.0 cm³/mol. The van der Waals surface area contributed by atoms with Gasteiger partial charge in [0, 0.05) is 18.9 Å². The molecule has 0 aliphatic carbocycles. The lowest BCUT2D eigenvalue weighted by atomic mass is 9.85. The van der Waals surface area contributed by atoms with Crippen LogP contribution in [0.1, 0.15) is 45.1 Å². The number of likely N-dealkylation sites (tertiary alicyclic amines) is 1. The van der Waals surface area contributed by atoms with Crippen molar-refractivity contribution in [3.63, 3.8) is 0 Å². The summed E-state index contributed by atoms with van der Waals surface area (Å²) in [5.41, 5.74) is 1.18. The van der Waals surface area contributed by atoms with Gasteiger partial charge in [-0.3, -0.25) is 4.98 Å². The highest BCUT2D eigenvalue weighted by Gasteiger charge is 2.34. The Hall–Kier alpha value is -0.970. The molecule has 0 saturated carbocycles. The van der Waals surface area contributed by atoms with Gasteiger partial charge in [-0.05, 0) is 69.6 Å². The maximum Gasteiger partial charge on any atom is 0.0957 e. The lowest BCUT2D eigenvalue weighted by Gasteiger charge is -2.38. The van der Waals surface area contributed by atoms with E-state index >= 15 is 0 Å². The molecule has 2 aliphatic heterocycles. The van der Waals surface area contributed by atoms with Gasteiger partial charge >= 0.3 is 0 Å². The molecule has 2 fully saturated rings. The highest BCUT2D eigenvalue weighted by molar-refractivity contribution is 5.20. The molecule has 0 bridgehead atoms. The van der Waals surface area contributed by atoms with E-state index in [0.717, 1.165) is 39.1 Å². The number of nitrogens with one attached hydrogen (secondary N) is 1. The standard InChI is InChI=1S/C16H25N3O.C2H6/c1-2-12-19(11-1)13-14-20-16(5-9-18-10-6-16)15-3-7-17-8-4-15;1-2/h3-4,7-8,18H,1-2,5-6,9-14H2;1-2H3. The summed E-state index contributed by atoms with van der Waals surface area (Å²) in [5, 5.41) is 3.43. The molecule has 3 rings (SSSR count). The van der Waals surface area contributed by atoms with Gasteiger partial charge in [0.2, 0.25) is 0 Å². The lowest BCUT2D eigenvalue weighted by molar-refractivity contribution is -0.0760. The lowest BCUT2D eigenvalue weighted by Crippen LogP contribution is -2.43. The molecule has 4 nitrogen and oxygen atoms in total. The molecule has 22 heavy (non-hydrogen) atoms. The summed E-state index contributed by atoms with van der Waals surface area (Å²) in [4.78, 5) is 6.65. The molecule has 3 heterocycles.